The zero-order valence-corrected chi connectivity index (χ0v) is 13.0. The van der Waals surface area contributed by atoms with Crippen molar-refractivity contribution in [1.82, 2.24) is 10.3 Å². The molecule has 2 heterocycles. The maximum Gasteiger partial charge on any atom is 0.220 e. The van der Waals surface area contributed by atoms with E-state index in [0.29, 0.717) is 6.54 Å². The summed E-state index contributed by atoms with van der Waals surface area (Å²) in [5.74, 6) is -0.0688. The molecule has 4 nitrogen and oxygen atoms in total. The number of amides is 1. The van der Waals surface area contributed by atoms with Crippen LogP contribution < -0.4 is 5.32 Å². The molecule has 0 spiro atoms. The first kappa shape index (κ1) is 15.4. The number of aryl methyl sites for hydroxylation is 2. The third-order valence-corrected chi connectivity index (χ3v) is 4.13. The highest BCUT2D eigenvalue weighted by atomic mass is 32.1. The van der Waals surface area contributed by atoms with Crippen LogP contribution in [-0.4, -0.2) is 16.7 Å². The molecule has 0 atom stereocenters. The Labute approximate surface area is 128 Å². The molecule has 110 valence electrons. The van der Waals surface area contributed by atoms with Crippen molar-refractivity contribution in [2.45, 2.75) is 33.2 Å². The van der Waals surface area contributed by atoms with Gasteiger partial charge >= 0.3 is 0 Å². The van der Waals surface area contributed by atoms with Gasteiger partial charge in [-0.2, -0.15) is 0 Å². The number of aromatic nitrogens is 1. The van der Waals surface area contributed by atoms with Crippen LogP contribution in [0.3, 0.4) is 0 Å². The maximum atomic E-state index is 12.1. The minimum Gasteiger partial charge on any atom is -0.352 e. The number of carbonyl (C=O) groups excluding carboxylic acids is 2. The quantitative estimate of drug-likeness (QED) is 0.834. The van der Waals surface area contributed by atoms with Crippen molar-refractivity contribution in [3.05, 3.63) is 51.5 Å². The average Bonchev–Trinajstić information content (AvgIpc) is 2.82. The van der Waals surface area contributed by atoms with E-state index in [1.807, 2.05) is 32.0 Å². The van der Waals surface area contributed by atoms with E-state index in [1.165, 1.54) is 0 Å². The minimum absolute atomic E-state index is 0.0379. The summed E-state index contributed by atoms with van der Waals surface area (Å²) in [6, 6.07) is 5.60. The summed E-state index contributed by atoms with van der Waals surface area (Å²) in [5, 5.41) is 2.81. The van der Waals surface area contributed by atoms with E-state index in [2.05, 4.69) is 10.3 Å². The Balaban J connectivity index is 1.79. The second-order valence-electron chi connectivity index (χ2n) is 4.88. The summed E-state index contributed by atoms with van der Waals surface area (Å²) in [4.78, 5) is 29.9. The Morgan fingerprint density at radius 3 is 2.52 bits per heavy atom. The van der Waals surface area contributed by atoms with E-state index in [0.717, 1.165) is 20.9 Å². The van der Waals surface area contributed by atoms with Gasteiger partial charge in [-0.3, -0.25) is 14.6 Å². The first-order valence-corrected chi connectivity index (χ1v) is 7.63. The Morgan fingerprint density at radius 2 is 1.90 bits per heavy atom. The smallest absolute Gasteiger partial charge is 0.220 e. The molecule has 0 aliphatic heterocycles. The second kappa shape index (κ2) is 7.13. The molecule has 0 saturated heterocycles. The van der Waals surface area contributed by atoms with Crippen LogP contribution in [0.15, 0.2) is 30.6 Å². The van der Waals surface area contributed by atoms with E-state index < -0.39 is 0 Å². The van der Waals surface area contributed by atoms with Crippen LogP contribution >= 0.6 is 11.3 Å². The van der Waals surface area contributed by atoms with Gasteiger partial charge in [0.05, 0.1) is 0 Å². The van der Waals surface area contributed by atoms with Crippen LogP contribution in [0.5, 0.6) is 0 Å². The molecule has 0 aliphatic rings. The van der Waals surface area contributed by atoms with Crippen LogP contribution in [0.1, 0.15) is 38.5 Å². The van der Waals surface area contributed by atoms with Gasteiger partial charge < -0.3 is 5.32 Å². The molecule has 0 bridgehead atoms. The van der Waals surface area contributed by atoms with Gasteiger partial charge in [-0.05, 0) is 37.6 Å². The lowest BCUT2D eigenvalue weighted by atomic mass is 10.1. The van der Waals surface area contributed by atoms with Crippen LogP contribution in [0.25, 0.3) is 0 Å². The van der Waals surface area contributed by atoms with Gasteiger partial charge in [0.2, 0.25) is 5.91 Å². The topological polar surface area (TPSA) is 59.1 Å². The summed E-state index contributed by atoms with van der Waals surface area (Å²) in [7, 11) is 0. The number of nitrogens with one attached hydrogen (secondary N) is 1. The molecular weight excluding hydrogens is 284 g/mol. The number of Topliss-reactive ketones (excluding diaryl/α,β-unsaturated/α-hetero) is 1. The lowest BCUT2D eigenvalue weighted by Gasteiger charge is -2.05. The highest BCUT2D eigenvalue weighted by molar-refractivity contribution is 7.12. The van der Waals surface area contributed by atoms with Gasteiger partial charge in [0.15, 0.2) is 5.78 Å². The molecule has 0 aliphatic carbocycles. The second-order valence-corrected chi connectivity index (χ2v) is 6.34. The normalized spacial score (nSPS) is 10.4. The molecule has 0 unspecified atom stereocenters. The zero-order valence-electron chi connectivity index (χ0n) is 12.2. The fourth-order valence-corrected chi connectivity index (χ4v) is 3.00. The van der Waals surface area contributed by atoms with Gasteiger partial charge in [-0.1, -0.05) is 0 Å². The zero-order chi connectivity index (χ0) is 15.2. The van der Waals surface area contributed by atoms with Crippen molar-refractivity contribution >= 4 is 23.0 Å². The average molecular weight is 302 g/mol. The van der Waals surface area contributed by atoms with Crippen LogP contribution in [0.2, 0.25) is 0 Å². The van der Waals surface area contributed by atoms with Gasteiger partial charge in [-0.15, -0.1) is 11.3 Å². The summed E-state index contributed by atoms with van der Waals surface area (Å²) < 4.78 is 0. The molecular formula is C16H18N2O2S. The predicted molar refractivity (Wildman–Crippen MR) is 83.4 cm³/mol. The molecule has 2 aromatic rings. The number of rotatable bonds is 6. The van der Waals surface area contributed by atoms with Crippen molar-refractivity contribution in [3.63, 3.8) is 0 Å². The fraction of sp³-hybridized carbons (Fsp3) is 0.312. The molecule has 1 amide bonds. The van der Waals surface area contributed by atoms with E-state index in [-0.39, 0.29) is 24.5 Å². The first-order chi connectivity index (χ1) is 10.1. The number of thiophene rings is 1. The fourth-order valence-electron chi connectivity index (χ4n) is 2.06. The molecule has 1 N–H and O–H groups in total. The predicted octanol–water partition coefficient (Wildman–Crippen LogP) is 3.04. The van der Waals surface area contributed by atoms with E-state index in [4.69, 9.17) is 0 Å². The van der Waals surface area contributed by atoms with Gasteiger partial charge in [-0.25, -0.2) is 0 Å². The molecule has 0 saturated carbocycles. The van der Waals surface area contributed by atoms with Gasteiger partial charge in [0.25, 0.3) is 0 Å². The van der Waals surface area contributed by atoms with Gasteiger partial charge in [0.1, 0.15) is 0 Å². The summed E-state index contributed by atoms with van der Waals surface area (Å²) in [6.07, 6.45) is 3.84. The largest absolute Gasteiger partial charge is 0.352 e. The Hall–Kier alpha value is -2.01. The lowest BCUT2D eigenvalue weighted by Crippen LogP contribution is -2.23. The van der Waals surface area contributed by atoms with Crippen molar-refractivity contribution in [1.29, 1.82) is 0 Å². The number of carbonyl (C=O) groups is 2. The number of hydrogen-bond donors (Lipinski definition) is 1. The van der Waals surface area contributed by atoms with Crippen molar-refractivity contribution in [2.75, 3.05) is 0 Å². The number of hydrogen-bond acceptors (Lipinski definition) is 4. The van der Waals surface area contributed by atoms with Crippen molar-refractivity contribution in [3.8, 4) is 0 Å². The molecule has 5 heteroatoms. The summed E-state index contributed by atoms with van der Waals surface area (Å²) >= 11 is 1.61. The van der Waals surface area contributed by atoms with Gasteiger partial charge in [0, 0.05) is 47.1 Å². The van der Waals surface area contributed by atoms with Crippen LogP contribution in [-0.2, 0) is 11.3 Å². The standard InChI is InChI=1S/C16H18N2O2S/c1-11-9-14(12(2)21-11)15(19)3-4-16(20)18-10-13-5-7-17-8-6-13/h5-9H,3-4,10H2,1-2H3,(H,18,20). The SMILES string of the molecule is Cc1cc(C(=O)CCC(=O)NCc2ccncc2)c(C)s1. The van der Waals surface area contributed by atoms with E-state index in [1.54, 1.807) is 23.7 Å². The summed E-state index contributed by atoms with van der Waals surface area (Å²) in [5.41, 5.74) is 1.74. The van der Waals surface area contributed by atoms with Crippen LogP contribution in [0.4, 0.5) is 0 Å². The Morgan fingerprint density at radius 1 is 1.19 bits per heavy atom. The minimum atomic E-state index is -0.107. The molecule has 2 rings (SSSR count). The number of nitrogens with zero attached hydrogens (tertiary/aromatic N) is 1. The Kier molecular flexibility index (Phi) is 5.22. The third-order valence-electron chi connectivity index (χ3n) is 3.16. The molecule has 0 radical (unpaired) electrons. The Bertz CT molecular complexity index is 635. The number of pyridine rings is 1. The maximum absolute atomic E-state index is 12.1. The monoisotopic (exact) mass is 302 g/mol. The van der Waals surface area contributed by atoms with E-state index in [9.17, 15) is 9.59 Å². The third kappa shape index (κ3) is 4.49. The molecule has 0 aromatic carbocycles. The lowest BCUT2D eigenvalue weighted by molar-refractivity contribution is -0.121. The number of ketones is 1. The highest BCUT2D eigenvalue weighted by Gasteiger charge is 2.13. The first-order valence-electron chi connectivity index (χ1n) is 6.82. The highest BCUT2D eigenvalue weighted by Crippen LogP contribution is 2.22. The molecule has 21 heavy (non-hydrogen) atoms. The summed E-state index contributed by atoms with van der Waals surface area (Å²) in [6.45, 7) is 4.39. The van der Waals surface area contributed by atoms with E-state index >= 15 is 0 Å². The molecule has 0 fully saturated rings. The van der Waals surface area contributed by atoms with Crippen molar-refractivity contribution < 1.29 is 9.59 Å². The molecule has 2 aromatic heterocycles. The van der Waals surface area contributed by atoms with Crippen LogP contribution in [0, 0.1) is 13.8 Å². The van der Waals surface area contributed by atoms with Crippen molar-refractivity contribution in [2.24, 2.45) is 0 Å².